The second kappa shape index (κ2) is 57.9. The van der Waals surface area contributed by atoms with Crippen molar-refractivity contribution < 1.29 is 24.5 Å². The van der Waals surface area contributed by atoms with E-state index < -0.39 is 12.1 Å². The summed E-state index contributed by atoms with van der Waals surface area (Å²) in [6, 6.07) is -0.544. The van der Waals surface area contributed by atoms with Gasteiger partial charge in [0.05, 0.1) is 25.4 Å². The molecular weight excluding hydrogens is 839 g/mol. The molecule has 0 heterocycles. The number of hydrogen-bond donors (Lipinski definition) is 3. The van der Waals surface area contributed by atoms with Gasteiger partial charge in [-0.05, 0) is 77.0 Å². The highest BCUT2D eigenvalue weighted by Gasteiger charge is 2.20. The Labute approximate surface area is 424 Å². The Morgan fingerprint density at radius 2 is 0.691 bits per heavy atom. The number of ether oxygens (including phenoxy) is 1. The highest BCUT2D eigenvalue weighted by atomic mass is 16.5. The summed E-state index contributed by atoms with van der Waals surface area (Å²) in [5.74, 6) is -0.0347. The number of aliphatic hydroxyl groups is 2. The molecule has 3 N–H and O–H groups in total. The first kappa shape index (κ1) is 66.3. The van der Waals surface area contributed by atoms with Crippen LogP contribution in [0.2, 0.25) is 0 Å². The summed E-state index contributed by atoms with van der Waals surface area (Å²) >= 11 is 0. The van der Waals surface area contributed by atoms with Crippen LogP contribution in [0.3, 0.4) is 0 Å². The molecule has 0 fully saturated rings. The molecule has 0 spiro atoms. The fourth-order valence-corrected chi connectivity index (χ4v) is 9.51. The molecule has 2 unspecified atom stereocenters. The number of unbranched alkanes of at least 4 members (excludes halogenated alkanes) is 42. The highest BCUT2D eigenvalue weighted by molar-refractivity contribution is 5.76. The monoisotopic (exact) mass is 958 g/mol. The van der Waals surface area contributed by atoms with Crippen molar-refractivity contribution in [1.82, 2.24) is 5.32 Å². The Morgan fingerprint density at radius 3 is 1.06 bits per heavy atom. The first-order chi connectivity index (χ1) is 33.5. The Morgan fingerprint density at radius 1 is 0.397 bits per heavy atom. The average molecular weight is 959 g/mol. The molecule has 0 radical (unpaired) electrons. The molecular formula is C62H119NO5. The summed E-state index contributed by atoms with van der Waals surface area (Å²) in [7, 11) is 0. The summed E-state index contributed by atoms with van der Waals surface area (Å²) in [5.41, 5.74) is 0. The molecule has 0 bridgehead atoms. The molecule has 6 heteroatoms. The Bertz CT molecular complexity index is 1060. The minimum Gasteiger partial charge on any atom is -0.466 e. The number of nitrogens with one attached hydrogen (secondary N) is 1. The predicted octanol–water partition coefficient (Wildman–Crippen LogP) is 19.0. The van der Waals surface area contributed by atoms with E-state index in [1.807, 2.05) is 0 Å². The Balaban J connectivity index is 3.40. The van der Waals surface area contributed by atoms with Crippen molar-refractivity contribution in [3.8, 4) is 0 Å². The van der Waals surface area contributed by atoms with Gasteiger partial charge < -0.3 is 20.3 Å². The van der Waals surface area contributed by atoms with Crippen molar-refractivity contribution in [3.05, 3.63) is 24.3 Å². The van der Waals surface area contributed by atoms with E-state index in [-0.39, 0.29) is 18.5 Å². The third-order valence-corrected chi connectivity index (χ3v) is 14.2. The van der Waals surface area contributed by atoms with E-state index in [0.29, 0.717) is 25.9 Å². The summed E-state index contributed by atoms with van der Waals surface area (Å²) < 4.78 is 5.47. The molecule has 2 atom stereocenters. The van der Waals surface area contributed by atoms with Gasteiger partial charge in [0.25, 0.3) is 0 Å². The SMILES string of the molecule is CCCCCC/C=C\CCCCCCCC(=O)OCCCCCCCCCCCCCC/C=C\CCCCCCCCCCC(=O)NC(CO)C(O)CCCCCCCCCCCCCCCC. The van der Waals surface area contributed by atoms with Crippen LogP contribution in [0.4, 0.5) is 0 Å². The lowest BCUT2D eigenvalue weighted by Crippen LogP contribution is -2.45. The number of aliphatic hydroxyl groups excluding tert-OH is 2. The van der Waals surface area contributed by atoms with Crippen LogP contribution in [0.1, 0.15) is 335 Å². The minimum absolute atomic E-state index is 0.00347. The molecule has 0 saturated carbocycles. The van der Waals surface area contributed by atoms with Crippen LogP contribution in [0.5, 0.6) is 0 Å². The van der Waals surface area contributed by atoms with Gasteiger partial charge in [-0.25, -0.2) is 0 Å². The van der Waals surface area contributed by atoms with E-state index >= 15 is 0 Å². The fourth-order valence-electron chi connectivity index (χ4n) is 9.51. The molecule has 0 saturated heterocycles. The molecule has 1 amide bonds. The van der Waals surface area contributed by atoms with Crippen LogP contribution in [0.25, 0.3) is 0 Å². The van der Waals surface area contributed by atoms with Crippen LogP contribution in [-0.2, 0) is 14.3 Å². The second-order valence-corrected chi connectivity index (χ2v) is 21.0. The zero-order chi connectivity index (χ0) is 49.3. The lowest BCUT2D eigenvalue weighted by Gasteiger charge is -2.22. The molecule has 0 aliphatic heterocycles. The Hall–Kier alpha value is -1.66. The van der Waals surface area contributed by atoms with Gasteiger partial charge in [-0.15, -0.1) is 0 Å². The minimum atomic E-state index is -0.666. The van der Waals surface area contributed by atoms with E-state index in [2.05, 4.69) is 43.5 Å². The van der Waals surface area contributed by atoms with Gasteiger partial charge in [0.15, 0.2) is 0 Å². The molecule has 0 aromatic heterocycles. The maximum Gasteiger partial charge on any atom is 0.305 e. The Kier molecular flexibility index (Phi) is 56.5. The van der Waals surface area contributed by atoms with Gasteiger partial charge in [0.2, 0.25) is 5.91 Å². The maximum atomic E-state index is 12.5. The number of carbonyl (C=O) groups excluding carboxylic acids is 2. The largest absolute Gasteiger partial charge is 0.466 e. The molecule has 6 nitrogen and oxygen atoms in total. The molecule has 0 aliphatic carbocycles. The van der Waals surface area contributed by atoms with Crippen molar-refractivity contribution in [3.63, 3.8) is 0 Å². The molecule has 0 aromatic rings. The molecule has 0 aromatic carbocycles. The lowest BCUT2D eigenvalue weighted by molar-refractivity contribution is -0.143. The number of esters is 1. The highest BCUT2D eigenvalue weighted by Crippen LogP contribution is 2.17. The maximum absolute atomic E-state index is 12.5. The van der Waals surface area contributed by atoms with E-state index in [4.69, 9.17) is 4.74 Å². The van der Waals surface area contributed by atoms with Crippen molar-refractivity contribution in [2.24, 2.45) is 0 Å². The van der Waals surface area contributed by atoms with Crippen LogP contribution in [0.15, 0.2) is 24.3 Å². The van der Waals surface area contributed by atoms with Crippen molar-refractivity contribution >= 4 is 11.9 Å². The van der Waals surface area contributed by atoms with Gasteiger partial charge in [-0.1, -0.05) is 269 Å². The topological polar surface area (TPSA) is 95.9 Å². The average Bonchev–Trinajstić information content (AvgIpc) is 3.34. The number of amides is 1. The summed E-state index contributed by atoms with van der Waals surface area (Å²) in [6.07, 6.45) is 70.4. The molecule has 0 aliphatic rings. The smallest absolute Gasteiger partial charge is 0.305 e. The first-order valence-electron chi connectivity index (χ1n) is 30.6. The summed E-state index contributed by atoms with van der Waals surface area (Å²) in [5, 5.41) is 23.3. The van der Waals surface area contributed by atoms with E-state index in [0.717, 1.165) is 44.9 Å². The third kappa shape index (κ3) is 53.7. The molecule has 68 heavy (non-hydrogen) atoms. The van der Waals surface area contributed by atoms with Crippen LogP contribution in [0, 0.1) is 0 Å². The normalized spacial score (nSPS) is 12.7. The zero-order valence-corrected chi connectivity index (χ0v) is 45.9. The standard InChI is InChI=1S/C62H119NO5/c1-3-5-7-9-11-13-15-17-31-34-38-42-46-50-54-60(65)59(58-64)63-61(66)55-51-47-43-39-35-32-28-26-24-22-20-18-19-21-23-25-27-29-33-37-41-45-49-53-57-68-62(67)56-52-48-44-40-36-30-16-14-12-10-8-6-4-2/h14,16,20,22,59-60,64-65H,3-13,15,17-19,21,23-58H2,1-2H3,(H,63,66)/b16-14-,22-20-. The summed E-state index contributed by atoms with van der Waals surface area (Å²) in [4.78, 5) is 24.5. The van der Waals surface area contributed by atoms with Gasteiger partial charge >= 0.3 is 5.97 Å². The second-order valence-electron chi connectivity index (χ2n) is 21.0. The van der Waals surface area contributed by atoms with Crippen molar-refractivity contribution in [2.45, 2.75) is 347 Å². The third-order valence-electron chi connectivity index (χ3n) is 14.2. The number of rotatable bonds is 57. The lowest BCUT2D eigenvalue weighted by atomic mass is 10.0. The molecule has 402 valence electrons. The fraction of sp³-hybridized carbons (Fsp3) is 0.903. The van der Waals surface area contributed by atoms with Gasteiger partial charge in [0.1, 0.15) is 0 Å². The van der Waals surface area contributed by atoms with Gasteiger partial charge in [-0.3, -0.25) is 9.59 Å². The van der Waals surface area contributed by atoms with E-state index in [9.17, 15) is 19.8 Å². The summed E-state index contributed by atoms with van der Waals surface area (Å²) in [6.45, 7) is 4.95. The first-order valence-corrected chi connectivity index (χ1v) is 30.6. The van der Waals surface area contributed by atoms with Crippen molar-refractivity contribution in [2.75, 3.05) is 13.2 Å². The number of allylic oxidation sites excluding steroid dienone is 4. The molecule has 0 rings (SSSR count). The van der Waals surface area contributed by atoms with Crippen LogP contribution >= 0.6 is 0 Å². The van der Waals surface area contributed by atoms with Crippen LogP contribution < -0.4 is 5.32 Å². The quantitative estimate of drug-likeness (QED) is 0.0321. The van der Waals surface area contributed by atoms with Gasteiger partial charge in [0, 0.05) is 12.8 Å². The number of hydrogen-bond acceptors (Lipinski definition) is 5. The van der Waals surface area contributed by atoms with Crippen molar-refractivity contribution in [1.29, 1.82) is 0 Å². The van der Waals surface area contributed by atoms with Gasteiger partial charge in [-0.2, -0.15) is 0 Å². The van der Waals surface area contributed by atoms with Crippen LogP contribution in [-0.4, -0.2) is 47.4 Å². The predicted molar refractivity (Wildman–Crippen MR) is 296 cm³/mol. The number of carbonyl (C=O) groups is 2. The van der Waals surface area contributed by atoms with E-state index in [1.54, 1.807) is 0 Å². The van der Waals surface area contributed by atoms with E-state index in [1.165, 1.54) is 257 Å². The zero-order valence-electron chi connectivity index (χ0n) is 45.9.